The minimum atomic E-state index is -0.449. The average Bonchev–Trinajstić information content (AvgIpc) is 2.52. The second kappa shape index (κ2) is 4.07. The summed E-state index contributed by atoms with van der Waals surface area (Å²) in [6.07, 6.45) is 0. The number of aromatic amines is 1. The van der Waals surface area contributed by atoms with E-state index in [1.807, 2.05) is 20.8 Å². The van der Waals surface area contributed by atoms with E-state index < -0.39 is 5.60 Å². The van der Waals surface area contributed by atoms with E-state index in [2.05, 4.69) is 15.2 Å². The van der Waals surface area contributed by atoms with Crippen LogP contribution >= 0.6 is 11.6 Å². The van der Waals surface area contributed by atoms with Crippen molar-refractivity contribution in [1.29, 1.82) is 0 Å². The van der Waals surface area contributed by atoms with Gasteiger partial charge in [0.15, 0.2) is 5.82 Å². The summed E-state index contributed by atoms with van der Waals surface area (Å²) in [5, 5.41) is 6.78. The van der Waals surface area contributed by atoms with Crippen molar-refractivity contribution in [2.75, 3.05) is 6.61 Å². The SMILES string of the molecule is CCOC(C)(C)c1n[nH]c(CCl)n1. The van der Waals surface area contributed by atoms with E-state index in [0.717, 1.165) is 0 Å². The highest BCUT2D eigenvalue weighted by molar-refractivity contribution is 6.16. The Labute approximate surface area is 82.7 Å². The van der Waals surface area contributed by atoms with Crippen LogP contribution in [0.5, 0.6) is 0 Å². The van der Waals surface area contributed by atoms with Gasteiger partial charge in [0.05, 0.1) is 5.88 Å². The van der Waals surface area contributed by atoms with Crippen LogP contribution in [0.15, 0.2) is 0 Å². The van der Waals surface area contributed by atoms with Gasteiger partial charge in [-0.1, -0.05) is 0 Å². The van der Waals surface area contributed by atoms with Crippen LogP contribution in [-0.4, -0.2) is 21.8 Å². The number of aromatic nitrogens is 3. The Morgan fingerprint density at radius 3 is 2.69 bits per heavy atom. The van der Waals surface area contributed by atoms with E-state index in [1.165, 1.54) is 0 Å². The number of ether oxygens (including phenoxy) is 1. The fourth-order valence-corrected chi connectivity index (χ4v) is 1.17. The van der Waals surface area contributed by atoms with Crippen molar-refractivity contribution in [2.45, 2.75) is 32.3 Å². The molecule has 1 N–H and O–H groups in total. The van der Waals surface area contributed by atoms with Gasteiger partial charge in [-0.15, -0.1) is 11.6 Å². The molecule has 4 nitrogen and oxygen atoms in total. The maximum absolute atomic E-state index is 5.59. The third-order valence-electron chi connectivity index (χ3n) is 1.70. The smallest absolute Gasteiger partial charge is 0.181 e. The Morgan fingerprint density at radius 2 is 2.23 bits per heavy atom. The van der Waals surface area contributed by atoms with Gasteiger partial charge in [-0.2, -0.15) is 5.10 Å². The molecular weight excluding hydrogens is 190 g/mol. The number of rotatable bonds is 4. The Hall–Kier alpha value is -0.610. The van der Waals surface area contributed by atoms with Gasteiger partial charge in [-0.05, 0) is 20.8 Å². The highest BCUT2D eigenvalue weighted by Crippen LogP contribution is 2.20. The van der Waals surface area contributed by atoms with Gasteiger partial charge in [-0.3, -0.25) is 5.10 Å². The van der Waals surface area contributed by atoms with Gasteiger partial charge in [0, 0.05) is 6.61 Å². The molecule has 5 heteroatoms. The van der Waals surface area contributed by atoms with E-state index in [9.17, 15) is 0 Å². The molecule has 0 aliphatic heterocycles. The zero-order valence-corrected chi connectivity index (χ0v) is 8.85. The number of H-pyrrole nitrogens is 1. The van der Waals surface area contributed by atoms with E-state index in [4.69, 9.17) is 16.3 Å². The second-order valence-electron chi connectivity index (χ2n) is 3.18. The third-order valence-corrected chi connectivity index (χ3v) is 1.96. The van der Waals surface area contributed by atoms with E-state index in [-0.39, 0.29) is 0 Å². The standard InChI is InChI=1S/C8H14ClN3O/c1-4-13-8(2,3)7-10-6(5-9)11-12-7/h4-5H2,1-3H3,(H,10,11,12). The third kappa shape index (κ3) is 2.42. The van der Waals surface area contributed by atoms with Crippen LogP contribution in [0.25, 0.3) is 0 Å². The topological polar surface area (TPSA) is 50.8 Å². The highest BCUT2D eigenvalue weighted by atomic mass is 35.5. The summed E-state index contributed by atoms with van der Waals surface area (Å²) in [4.78, 5) is 4.20. The number of nitrogens with one attached hydrogen (secondary N) is 1. The van der Waals surface area contributed by atoms with Crippen LogP contribution in [0.4, 0.5) is 0 Å². The Balaban J connectivity index is 2.80. The van der Waals surface area contributed by atoms with Crippen molar-refractivity contribution in [3.63, 3.8) is 0 Å². The quantitative estimate of drug-likeness (QED) is 0.760. The normalized spacial score (nSPS) is 12.0. The van der Waals surface area contributed by atoms with Gasteiger partial charge < -0.3 is 4.74 Å². The summed E-state index contributed by atoms with van der Waals surface area (Å²) in [5.74, 6) is 1.66. The van der Waals surface area contributed by atoms with Crippen molar-refractivity contribution in [1.82, 2.24) is 15.2 Å². The molecule has 0 bridgehead atoms. The largest absolute Gasteiger partial charge is 0.368 e. The molecule has 0 spiro atoms. The molecule has 0 unspecified atom stereocenters. The van der Waals surface area contributed by atoms with Crippen molar-refractivity contribution < 1.29 is 4.74 Å². The summed E-state index contributed by atoms with van der Waals surface area (Å²) in [7, 11) is 0. The van der Waals surface area contributed by atoms with Crippen LogP contribution in [0.2, 0.25) is 0 Å². The summed E-state index contributed by atoms with van der Waals surface area (Å²) in [5.41, 5.74) is -0.449. The molecule has 1 rings (SSSR count). The van der Waals surface area contributed by atoms with Gasteiger partial charge in [-0.25, -0.2) is 4.98 Å². The highest BCUT2D eigenvalue weighted by Gasteiger charge is 2.25. The minimum absolute atomic E-state index is 0.342. The molecule has 0 fully saturated rings. The molecule has 0 aliphatic carbocycles. The zero-order chi connectivity index (χ0) is 9.90. The van der Waals surface area contributed by atoms with Crippen molar-refractivity contribution in [3.8, 4) is 0 Å². The predicted molar refractivity (Wildman–Crippen MR) is 50.6 cm³/mol. The molecule has 1 aromatic heterocycles. The number of halogens is 1. The van der Waals surface area contributed by atoms with Crippen molar-refractivity contribution in [2.24, 2.45) is 0 Å². The maximum atomic E-state index is 5.59. The van der Waals surface area contributed by atoms with E-state index in [0.29, 0.717) is 24.1 Å². The Morgan fingerprint density at radius 1 is 1.54 bits per heavy atom. The molecule has 0 amide bonds. The monoisotopic (exact) mass is 203 g/mol. The van der Waals surface area contributed by atoms with Crippen LogP contribution in [0.1, 0.15) is 32.4 Å². The van der Waals surface area contributed by atoms with Crippen LogP contribution in [-0.2, 0) is 16.2 Å². The Bertz CT molecular complexity index is 272. The lowest BCUT2D eigenvalue weighted by atomic mass is 10.1. The van der Waals surface area contributed by atoms with Crippen LogP contribution < -0.4 is 0 Å². The number of hydrogen-bond acceptors (Lipinski definition) is 3. The van der Waals surface area contributed by atoms with Gasteiger partial charge in [0.25, 0.3) is 0 Å². The van der Waals surface area contributed by atoms with E-state index >= 15 is 0 Å². The minimum Gasteiger partial charge on any atom is -0.368 e. The molecule has 0 radical (unpaired) electrons. The lowest BCUT2D eigenvalue weighted by Crippen LogP contribution is -2.23. The first-order chi connectivity index (χ1) is 6.10. The first-order valence-corrected chi connectivity index (χ1v) is 4.75. The fourth-order valence-electron chi connectivity index (χ4n) is 1.05. The molecule has 0 saturated carbocycles. The molecular formula is C8H14ClN3O. The first kappa shape index (κ1) is 10.5. The second-order valence-corrected chi connectivity index (χ2v) is 3.45. The number of alkyl halides is 1. The molecule has 1 aromatic rings. The summed E-state index contributed by atoms with van der Waals surface area (Å²) >= 11 is 5.59. The maximum Gasteiger partial charge on any atom is 0.181 e. The molecule has 1 heterocycles. The summed E-state index contributed by atoms with van der Waals surface area (Å²) in [6.45, 7) is 6.43. The number of hydrogen-bond donors (Lipinski definition) is 1. The molecule has 13 heavy (non-hydrogen) atoms. The van der Waals surface area contributed by atoms with Gasteiger partial charge in [0.1, 0.15) is 11.4 Å². The van der Waals surface area contributed by atoms with Crippen LogP contribution in [0, 0.1) is 0 Å². The fraction of sp³-hybridized carbons (Fsp3) is 0.750. The summed E-state index contributed by atoms with van der Waals surface area (Å²) in [6, 6.07) is 0. The Kier molecular flexibility index (Phi) is 3.27. The van der Waals surface area contributed by atoms with Crippen molar-refractivity contribution in [3.05, 3.63) is 11.6 Å². The average molecular weight is 204 g/mol. The van der Waals surface area contributed by atoms with Gasteiger partial charge in [0.2, 0.25) is 0 Å². The molecule has 0 saturated heterocycles. The van der Waals surface area contributed by atoms with Gasteiger partial charge >= 0.3 is 0 Å². The lowest BCUT2D eigenvalue weighted by molar-refractivity contribution is -0.0205. The lowest BCUT2D eigenvalue weighted by Gasteiger charge is -2.20. The first-order valence-electron chi connectivity index (χ1n) is 4.22. The van der Waals surface area contributed by atoms with Crippen LogP contribution in [0.3, 0.4) is 0 Å². The molecule has 0 aliphatic rings. The molecule has 0 atom stereocenters. The zero-order valence-electron chi connectivity index (χ0n) is 8.09. The van der Waals surface area contributed by atoms with Crippen molar-refractivity contribution >= 4 is 11.6 Å². The predicted octanol–water partition coefficient (Wildman–Crippen LogP) is 1.82. The summed E-state index contributed by atoms with van der Waals surface area (Å²) < 4.78 is 5.49. The van der Waals surface area contributed by atoms with E-state index in [1.54, 1.807) is 0 Å². The molecule has 74 valence electrons. The molecule has 0 aromatic carbocycles. The number of nitrogens with zero attached hydrogens (tertiary/aromatic N) is 2.